The second kappa shape index (κ2) is 4.37. The van der Waals surface area contributed by atoms with Gasteiger partial charge >= 0.3 is 0 Å². The van der Waals surface area contributed by atoms with Crippen LogP contribution in [0.2, 0.25) is 18.6 Å². The molecule has 1 aromatic rings. The summed E-state index contributed by atoms with van der Waals surface area (Å²) in [4.78, 5) is 22.1. The molecule has 0 saturated carbocycles. The van der Waals surface area contributed by atoms with Gasteiger partial charge in [-0.3, -0.25) is 20.2 Å². The van der Waals surface area contributed by atoms with Gasteiger partial charge in [0.05, 0.1) is 8.07 Å². The van der Waals surface area contributed by atoms with Gasteiger partial charge in [0.15, 0.2) is 0 Å². The van der Waals surface area contributed by atoms with Crippen LogP contribution in [0.5, 0.6) is 0 Å². The Morgan fingerprint density at radius 3 is 1.75 bits per heavy atom. The topological polar surface area (TPSA) is 86.3 Å². The maximum Gasteiger partial charge on any atom is 0.285 e. The molecule has 108 valence electrons. The second-order valence-electron chi connectivity index (χ2n) is 6.34. The summed E-state index contributed by atoms with van der Waals surface area (Å²) in [6.45, 7) is 4.87. The highest BCUT2D eigenvalue weighted by molar-refractivity contribution is 6.92. The van der Waals surface area contributed by atoms with Gasteiger partial charge in [0.1, 0.15) is 0 Å². The third kappa shape index (κ3) is 1.84. The third-order valence-corrected chi connectivity index (χ3v) is 9.57. The quantitative estimate of drug-likeness (QED) is 0.485. The van der Waals surface area contributed by atoms with Crippen LogP contribution < -0.4 is 5.19 Å². The van der Waals surface area contributed by atoms with E-state index in [-0.39, 0.29) is 0 Å². The molecule has 1 heterocycles. The van der Waals surface area contributed by atoms with Crippen molar-refractivity contribution in [1.29, 1.82) is 0 Å². The van der Waals surface area contributed by atoms with E-state index in [4.69, 9.17) is 0 Å². The average Bonchev–Trinajstić information content (AvgIpc) is 2.61. The Kier molecular flexibility index (Phi) is 3.20. The highest BCUT2D eigenvalue weighted by Gasteiger charge is 2.74. The van der Waals surface area contributed by atoms with E-state index in [0.29, 0.717) is 12.1 Å². The summed E-state index contributed by atoms with van der Waals surface area (Å²) in [5.74, 6) is 0. The smallest absolute Gasteiger partial charge is 0.264 e. The predicted octanol–water partition coefficient (Wildman–Crippen LogP) is 2.06. The van der Waals surface area contributed by atoms with Gasteiger partial charge in [0, 0.05) is 35.8 Å². The maximum absolute atomic E-state index is 11.5. The Morgan fingerprint density at radius 2 is 1.40 bits per heavy atom. The molecule has 20 heavy (non-hydrogen) atoms. The molecule has 1 saturated heterocycles. The van der Waals surface area contributed by atoms with Crippen LogP contribution in [0.15, 0.2) is 30.3 Å². The SMILES string of the molecule is CC1([N+](=O)[O-])C[Si](C)(c2ccccc2)CC1(C)[N+](=O)[O-]. The van der Waals surface area contributed by atoms with Crippen LogP contribution in [0.25, 0.3) is 0 Å². The molecule has 6 nitrogen and oxygen atoms in total. The van der Waals surface area contributed by atoms with Gasteiger partial charge in [-0.2, -0.15) is 0 Å². The lowest BCUT2D eigenvalue weighted by atomic mass is 9.84. The minimum atomic E-state index is -2.24. The highest BCUT2D eigenvalue weighted by Crippen LogP contribution is 2.48. The zero-order valence-electron chi connectivity index (χ0n) is 11.8. The monoisotopic (exact) mass is 294 g/mol. The van der Waals surface area contributed by atoms with Crippen LogP contribution in [0.4, 0.5) is 0 Å². The molecule has 0 amide bonds. The first kappa shape index (κ1) is 14.6. The Labute approximate surface area is 118 Å². The Morgan fingerprint density at radius 1 is 1.00 bits per heavy atom. The van der Waals surface area contributed by atoms with Crippen molar-refractivity contribution in [2.45, 2.75) is 43.6 Å². The largest absolute Gasteiger partial charge is 0.285 e. The molecule has 0 radical (unpaired) electrons. The molecule has 2 atom stereocenters. The number of benzene rings is 1. The van der Waals surface area contributed by atoms with Gasteiger partial charge in [0.25, 0.3) is 11.1 Å². The highest BCUT2D eigenvalue weighted by atomic mass is 28.3. The van der Waals surface area contributed by atoms with Gasteiger partial charge in [-0.15, -0.1) is 0 Å². The molecule has 1 aromatic carbocycles. The Balaban J connectivity index is 2.54. The van der Waals surface area contributed by atoms with Crippen LogP contribution in [0, 0.1) is 20.2 Å². The van der Waals surface area contributed by atoms with Crippen molar-refractivity contribution in [1.82, 2.24) is 0 Å². The molecule has 7 heteroatoms. The average molecular weight is 294 g/mol. The lowest BCUT2D eigenvalue weighted by Crippen LogP contribution is -2.55. The van der Waals surface area contributed by atoms with Crippen LogP contribution in [0.3, 0.4) is 0 Å². The molecule has 0 N–H and O–H groups in total. The van der Waals surface area contributed by atoms with Crippen molar-refractivity contribution in [3.63, 3.8) is 0 Å². The lowest BCUT2D eigenvalue weighted by Gasteiger charge is -2.25. The van der Waals surface area contributed by atoms with E-state index >= 15 is 0 Å². The molecular weight excluding hydrogens is 276 g/mol. The van der Waals surface area contributed by atoms with Crippen molar-refractivity contribution < 1.29 is 9.85 Å². The molecule has 1 aliphatic rings. The van der Waals surface area contributed by atoms with Crippen LogP contribution in [0.1, 0.15) is 13.8 Å². The molecule has 0 aromatic heterocycles. The number of nitro groups is 2. The zero-order chi connectivity index (χ0) is 15.2. The fraction of sp³-hybridized carbons (Fsp3) is 0.538. The molecule has 2 unspecified atom stereocenters. The van der Waals surface area contributed by atoms with Crippen molar-refractivity contribution in [3.8, 4) is 0 Å². The van der Waals surface area contributed by atoms with Crippen molar-refractivity contribution in [2.75, 3.05) is 0 Å². The van der Waals surface area contributed by atoms with E-state index in [1.807, 2.05) is 36.9 Å². The van der Waals surface area contributed by atoms with Crippen LogP contribution in [-0.2, 0) is 0 Å². The fourth-order valence-corrected chi connectivity index (χ4v) is 9.12. The first-order chi connectivity index (χ1) is 9.16. The van der Waals surface area contributed by atoms with Gasteiger partial charge in [-0.25, -0.2) is 0 Å². The number of rotatable bonds is 3. The third-order valence-electron chi connectivity index (χ3n) is 4.91. The summed E-state index contributed by atoms with van der Waals surface area (Å²) in [6, 6.07) is 10.1. The standard InChI is InChI=1S/C13H18N2O4Si/c1-12(14(16)17)9-20(3,10-13(12,2)15(18)19)11-7-5-4-6-8-11/h4-8H,9-10H2,1-3H3. The summed E-state index contributed by atoms with van der Waals surface area (Å²) in [5.41, 5.74) is -3.01. The second-order valence-corrected chi connectivity index (χ2v) is 10.7. The van der Waals surface area contributed by atoms with E-state index in [9.17, 15) is 20.2 Å². The number of hydrogen-bond acceptors (Lipinski definition) is 4. The van der Waals surface area contributed by atoms with E-state index < -0.39 is 29.0 Å². The lowest BCUT2D eigenvalue weighted by molar-refractivity contribution is -0.669. The van der Waals surface area contributed by atoms with Crippen molar-refractivity contribution >= 4 is 13.3 Å². The minimum absolute atomic E-state index is 0.300. The van der Waals surface area contributed by atoms with Crippen molar-refractivity contribution in [3.05, 3.63) is 50.6 Å². The van der Waals surface area contributed by atoms with Crippen molar-refractivity contribution in [2.24, 2.45) is 0 Å². The molecule has 0 aliphatic carbocycles. The molecule has 0 bridgehead atoms. The molecule has 2 rings (SSSR count). The predicted molar refractivity (Wildman–Crippen MR) is 78.1 cm³/mol. The molecule has 0 spiro atoms. The fourth-order valence-electron chi connectivity index (χ4n) is 3.53. The maximum atomic E-state index is 11.5. The summed E-state index contributed by atoms with van der Waals surface area (Å²) in [5, 5.41) is 24.0. The van der Waals surface area contributed by atoms with Gasteiger partial charge in [0.2, 0.25) is 0 Å². The van der Waals surface area contributed by atoms with E-state index in [0.717, 1.165) is 5.19 Å². The molecule has 1 fully saturated rings. The Bertz CT molecular complexity index is 537. The minimum Gasteiger partial charge on any atom is -0.264 e. The van der Waals surface area contributed by atoms with Gasteiger partial charge in [-0.1, -0.05) is 42.1 Å². The summed E-state index contributed by atoms with van der Waals surface area (Å²) in [7, 11) is -2.24. The van der Waals surface area contributed by atoms with E-state index in [1.165, 1.54) is 13.8 Å². The van der Waals surface area contributed by atoms with Gasteiger partial charge in [-0.05, 0) is 0 Å². The first-order valence-electron chi connectivity index (χ1n) is 6.50. The number of hydrogen-bond donors (Lipinski definition) is 0. The summed E-state index contributed by atoms with van der Waals surface area (Å²) >= 11 is 0. The summed E-state index contributed by atoms with van der Waals surface area (Å²) in [6.07, 6.45) is 0. The molecule has 1 aliphatic heterocycles. The molecular formula is C13H18N2O4Si. The first-order valence-corrected chi connectivity index (χ1v) is 9.42. The van der Waals surface area contributed by atoms with Crippen LogP contribution in [-0.4, -0.2) is 29.0 Å². The number of nitrogens with zero attached hydrogens (tertiary/aromatic N) is 2. The normalized spacial score (nSPS) is 36.8. The van der Waals surface area contributed by atoms with Gasteiger partial charge < -0.3 is 0 Å². The Hall–Kier alpha value is -1.76. The zero-order valence-corrected chi connectivity index (χ0v) is 12.8. The van der Waals surface area contributed by atoms with Crippen LogP contribution >= 0.6 is 0 Å². The van der Waals surface area contributed by atoms with E-state index in [1.54, 1.807) is 0 Å². The summed E-state index contributed by atoms with van der Waals surface area (Å²) < 4.78 is 0. The van der Waals surface area contributed by atoms with E-state index in [2.05, 4.69) is 0 Å².